The van der Waals surface area contributed by atoms with Gasteiger partial charge >= 0.3 is 5.97 Å². The molecule has 0 radical (unpaired) electrons. The molecule has 18 heavy (non-hydrogen) atoms. The summed E-state index contributed by atoms with van der Waals surface area (Å²) in [5.74, 6) is 0.517. The Kier molecular flexibility index (Phi) is 6.22. The number of thioether (sulfide) groups is 1. The molecule has 0 bridgehead atoms. The number of rotatable bonds is 6. The zero-order valence-corrected chi connectivity index (χ0v) is 12.0. The van der Waals surface area contributed by atoms with Crippen molar-refractivity contribution in [1.82, 2.24) is 0 Å². The normalized spacial score (nSPS) is 12.2. The van der Waals surface area contributed by atoms with E-state index in [-0.39, 0.29) is 5.97 Å². The molecule has 4 heteroatoms. The molecule has 0 aromatic heterocycles. The van der Waals surface area contributed by atoms with Gasteiger partial charge in [-0.3, -0.25) is 4.79 Å². The third kappa shape index (κ3) is 4.70. The third-order valence-electron chi connectivity index (χ3n) is 2.62. The van der Waals surface area contributed by atoms with Crippen LogP contribution in [0.3, 0.4) is 0 Å². The standard InChI is InChI=1S/C14H21NO2S/c1-4-17-14(16)12(15)7-8-18-13-9-10(2)5-6-11(13)3/h5-6,9,12H,4,7-8,15H2,1-3H3. The van der Waals surface area contributed by atoms with Crippen LogP contribution in [-0.4, -0.2) is 24.4 Å². The minimum Gasteiger partial charge on any atom is -0.465 e. The fourth-order valence-electron chi connectivity index (χ4n) is 1.53. The second kappa shape index (κ2) is 7.44. The van der Waals surface area contributed by atoms with Crippen LogP contribution in [0.15, 0.2) is 23.1 Å². The fourth-order valence-corrected chi connectivity index (χ4v) is 2.68. The minimum absolute atomic E-state index is 0.306. The molecule has 0 aliphatic heterocycles. The van der Waals surface area contributed by atoms with Crippen molar-refractivity contribution in [1.29, 1.82) is 0 Å². The first-order valence-corrected chi connectivity index (χ1v) is 7.15. The van der Waals surface area contributed by atoms with Crippen LogP contribution in [0.2, 0.25) is 0 Å². The van der Waals surface area contributed by atoms with Gasteiger partial charge in [0, 0.05) is 10.6 Å². The Labute approximate surface area is 113 Å². The summed E-state index contributed by atoms with van der Waals surface area (Å²) in [6, 6.07) is 5.87. The highest BCUT2D eigenvalue weighted by atomic mass is 32.2. The Hall–Kier alpha value is -1.00. The van der Waals surface area contributed by atoms with Crippen LogP contribution in [-0.2, 0) is 9.53 Å². The number of hydrogen-bond acceptors (Lipinski definition) is 4. The summed E-state index contributed by atoms with van der Waals surface area (Å²) in [6.07, 6.45) is 0.636. The Morgan fingerprint density at radius 3 is 2.83 bits per heavy atom. The SMILES string of the molecule is CCOC(=O)C(N)CCSc1cc(C)ccc1C. The number of nitrogens with two attached hydrogens (primary N) is 1. The maximum Gasteiger partial charge on any atom is 0.322 e. The second-order valence-electron chi connectivity index (χ2n) is 4.26. The largest absolute Gasteiger partial charge is 0.465 e. The number of carbonyl (C=O) groups excluding carboxylic acids is 1. The lowest BCUT2D eigenvalue weighted by atomic mass is 10.2. The number of esters is 1. The van der Waals surface area contributed by atoms with Crippen molar-refractivity contribution in [3.05, 3.63) is 29.3 Å². The molecule has 0 spiro atoms. The van der Waals surface area contributed by atoms with Crippen LogP contribution < -0.4 is 5.73 Å². The molecule has 100 valence electrons. The number of hydrogen-bond donors (Lipinski definition) is 1. The average molecular weight is 267 g/mol. The van der Waals surface area contributed by atoms with Gasteiger partial charge in [-0.2, -0.15) is 0 Å². The summed E-state index contributed by atoms with van der Waals surface area (Å²) in [7, 11) is 0. The predicted molar refractivity (Wildman–Crippen MR) is 75.9 cm³/mol. The first-order chi connectivity index (χ1) is 8.54. The van der Waals surface area contributed by atoms with Crippen LogP contribution >= 0.6 is 11.8 Å². The molecule has 0 heterocycles. The van der Waals surface area contributed by atoms with Gasteiger partial charge in [-0.25, -0.2) is 0 Å². The van der Waals surface area contributed by atoms with Crippen molar-refractivity contribution in [2.45, 2.75) is 38.1 Å². The molecule has 3 nitrogen and oxygen atoms in total. The zero-order valence-electron chi connectivity index (χ0n) is 11.2. The molecule has 0 aliphatic rings. The Bertz CT molecular complexity index is 407. The van der Waals surface area contributed by atoms with Gasteiger partial charge in [-0.05, 0) is 38.8 Å². The maximum atomic E-state index is 11.3. The summed E-state index contributed by atoms with van der Waals surface area (Å²) in [5.41, 5.74) is 8.26. The summed E-state index contributed by atoms with van der Waals surface area (Å²) in [5, 5.41) is 0. The number of carbonyl (C=O) groups is 1. The highest BCUT2D eigenvalue weighted by Gasteiger charge is 2.14. The molecule has 0 aliphatic carbocycles. The van der Waals surface area contributed by atoms with Crippen molar-refractivity contribution >= 4 is 17.7 Å². The molecule has 1 aromatic carbocycles. The van der Waals surface area contributed by atoms with E-state index in [4.69, 9.17) is 10.5 Å². The Balaban J connectivity index is 2.41. The third-order valence-corrected chi connectivity index (χ3v) is 3.81. The number of ether oxygens (including phenoxy) is 1. The van der Waals surface area contributed by atoms with Crippen LogP contribution in [0.1, 0.15) is 24.5 Å². The molecule has 1 unspecified atom stereocenters. The van der Waals surface area contributed by atoms with Crippen molar-refractivity contribution in [3.63, 3.8) is 0 Å². The van der Waals surface area contributed by atoms with Gasteiger partial charge in [0.25, 0.3) is 0 Å². The maximum absolute atomic E-state index is 11.3. The van der Waals surface area contributed by atoms with E-state index in [2.05, 4.69) is 32.0 Å². The van der Waals surface area contributed by atoms with Crippen molar-refractivity contribution in [3.8, 4) is 0 Å². The zero-order chi connectivity index (χ0) is 13.5. The average Bonchev–Trinajstić information content (AvgIpc) is 2.33. The van der Waals surface area contributed by atoms with E-state index in [9.17, 15) is 4.79 Å². The van der Waals surface area contributed by atoms with Gasteiger partial charge in [0.05, 0.1) is 6.61 Å². The van der Waals surface area contributed by atoms with E-state index in [1.807, 2.05) is 0 Å². The van der Waals surface area contributed by atoms with Gasteiger partial charge in [-0.15, -0.1) is 11.8 Å². The Morgan fingerprint density at radius 1 is 1.44 bits per heavy atom. The van der Waals surface area contributed by atoms with E-state index >= 15 is 0 Å². The molecule has 1 atom stereocenters. The van der Waals surface area contributed by atoms with E-state index in [0.717, 1.165) is 5.75 Å². The Morgan fingerprint density at radius 2 is 2.17 bits per heavy atom. The van der Waals surface area contributed by atoms with Crippen LogP contribution in [0.25, 0.3) is 0 Å². The highest BCUT2D eigenvalue weighted by Crippen LogP contribution is 2.24. The predicted octanol–water partition coefficient (Wildman–Crippen LogP) is 2.68. The second-order valence-corrected chi connectivity index (χ2v) is 5.40. The molecule has 0 amide bonds. The monoisotopic (exact) mass is 267 g/mol. The van der Waals surface area contributed by atoms with Crippen molar-refractivity contribution in [2.24, 2.45) is 5.73 Å². The van der Waals surface area contributed by atoms with E-state index < -0.39 is 6.04 Å². The lowest BCUT2D eigenvalue weighted by Crippen LogP contribution is -2.32. The van der Waals surface area contributed by atoms with Gasteiger partial charge < -0.3 is 10.5 Å². The van der Waals surface area contributed by atoms with Crippen molar-refractivity contribution in [2.75, 3.05) is 12.4 Å². The first kappa shape index (κ1) is 15.1. The van der Waals surface area contributed by atoms with Gasteiger partial charge in [-0.1, -0.05) is 17.7 Å². The van der Waals surface area contributed by atoms with E-state index in [1.54, 1.807) is 18.7 Å². The van der Waals surface area contributed by atoms with E-state index in [0.29, 0.717) is 13.0 Å². The lowest BCUT2D eigenvalue weighted by Gasteiger charge is -2.11. The first-order valence-electron chi connectivity index (χ1n) is 6.17. The van der Waals surface area contributed by atoms with Gasteiger partial charge in [0.1, 0.15) is 6.04 Å². The summed E-state index contributed by atoms with van der Waals surface area (Å²) >= 11 is 1.74. The molecular weight excluding hydrogens is 246 g/mol. The lowest BCUT2D eigenvalue weighted by molar-refractivity contribution is -0.144. The molecular formula is C14H21NO2S. The molecule has 2 N–H and O–H groups in total. The van der Waals surface area contributed by atoms with Gasteiger partial charge in [0.15, 0.2) is 0 Å². The smallest absolute Gasteiger partial charge is 0.322 e. The van der Waals surface area contributed by atoms with Crippen LogP contribution in [0.5, 0.6) is 0 Å². The summed E-state index contributed by atoms with van der Waals surface area (Å²) in [6.45, 7) is 6.34. The van der Waals surface area contributed by atoms with Crippen LogP contribution in [0, 0.1) is 13.8 Å². The topological polar surface area (TPSA) is 52.3 Å². The molecule has 0 fully saturated rings. The number of aryl methyl sites for hydroxylation is 2. The molecule has 1 aromatic rings. The summed E-state index contributed by atoms with van der Waals surface area (Å²) < 4.78 is 4.88. The quantitative estimate of drug-likeness (QED) is 0.636. The van der Waals surface area contributed by atoms with E-state index in [1.165, 1.54) is 16.0 Å². The van der Waals surface area contributed by atoms with Crippen molar-refractivity contribution < 1.29 is 9.53 Å². The molecule has 0 saturated heterocycles. The molecule has 1 rings (SSSR count). The minimum atomic E-state index is -0.512. The van der Waals surface area contributed by atoms with Gasteiger partial charge in [0.2, 0.25) is 0 Å². The number of benzene rings is 1. The fraction of sp³-hybridized carbons (Fsp3) is 0.500. The summed E-state index contributed by atoms with van der Waals surface area (Å²) in [4.78, 5) is 12.6. The molecule has 0 saturated carbocycles. The van der Waals surface area contributed by atoms with Crippen LogP contribution in [0.4, 0.5) is 0 Å². The highest BCUT2D eigenvalue weighted by molar-refractivity contribution is 7.99.